The molecule has 2 heterocycles. The number of rotatable bonds is 4. The first kappa shape index (κ1) is 12.4. The first-order valence-corrected chi connectivity index (χ1v) is 6.70. The zero-order valence-corrected chi connectivity index (χ0v) is 10.9. The van der Waals surface area contributed by atoms with Crippen molar-refractivity contribution in [3.8, 4) is 0 Å². The Balaban J connectivity index is 1.93. The Morgan fingerprint density at radius 2 is 2.12 bits per heavy atom. The van der Waals surface area contributed by atoms with Crippen molar-refractivity contribution in [2.45, 2.75) is 33.2 Å². The van der Waals surface area contributed by atoms with Gasteiger partial charge in [0.1, 0.15) is 5.82 Å². The Bertz CT molecular complexity index is 326. The number of hydrogen-bond donors (Lipinski definition) is 1. The molecule has 0 saturated carbocycles. The van der Waals surface area contributed by atoms with Crippen LogP contribution in [0.5, 0.6) is 0 Å². The van der Waals surface area contributed by atoms with Crippen LogP contribution in [0.1, 0.15) is 32.3 Å². The van der Waals surface area contributed by atoms with Gasteiger partial charge in [0.25, 0.3) is 0 Å². The minimum Gasteiger partial charge on any atom is -0.357 e. The van der Waals surface area contributed by atoms with Gasteiger partial charge < -0.3 is 10.2 Å². The van der Waals surface area contributed by atoms with E-state index in [9.17, 15) is 0 Å². The number of piperidine rings is 1. The minimum atomic E-state index is 0.874. The molecule has 2 rings (SSSR count). The zero-order chi connectivity index (χ0) is 12.1. The second-order valence-corrected chi connectivity index (χ2v) is 4.97. The molecule has 1 N–H and O–H groups in total. The van der Waals surface area contributed by atoms with Crippen molar-refractivity contribution < 1.29 is 0 Å². The molecule has 0 atom stereocenters. The van der Waals surface area contributed by atoms with Crippen LogP contribution >= 0.6 is 0 Å². The highest BCUT2D eigenvalue weighted by molar-refractivity contribution is 5.39. The fourth-order valence-corrected chi connectivity index (χ4v) is 2.22. The third-order valence-electron chi connectivity index (χ3n) is 3.50. The molecule has 1 aliphatic rings. The SMILES string of the molecule is CCNCc1ccc(N2CCC(C)CC2)nc1. The van der Waals surface area contributed by atoms with Crippen molar-refractivity contribution in [3.63, 3.8) is 0 Å². The average molecular weight is 233 g/mol. The molecule has 17 heavy (non-hydrogen) atoms. The summed E-state index contributed by atoms with van der Waals surface area (Å²) in [5.74, 6) is 2.01. The van der Waals surface area contributed by atoms with Gasteiger partial charge in [-0.2, -0.15) is 0 Å². The smallest absolute Gasteiger partial charge is 0.128 e. The summed E-state index contributed by atoms with van der Waals surface area (Å²) >= 11 is 0. The molecule has 3 nitrogen and oxygen atoms in total. The maximum absolute atomic E-state index is 4.57. The molecule has 94 valence electrons. The molecule has 0 bridgehead atoms. The fraction of sp³-hybridized carbons (Fsp3) is 0.643. The van der Waals surface area contributed by atoms with Gasteiger partial charge in [-0.25, -0.2) is 4.98 Å². The van der Waals surface area contributed by atoms with E-state index < -0.39 is 0 Å². The number of nitrogens with zero attached hydrogens (tertiary/aromatic N) is 2. The molecule has 0 amide bonds. The van der Waals surface area contributed by atoms with Crippen LogP contribution in [0.25, 0.3) is 0 Å². The molecule has 1 saturated heterocycles. The summed E-state index contributed by atoms with van der Waals surface area (Å²) in [5.41, 5.74) is 1.26. The molecule has 1 aromatic rings. The van der Waals surface area contributed by atoms with Crippen LogP contribution in [-0.4, -0.2) is 24.6 Å². The van der Waals surface area contributed by atoms with Gasteiger partial charge in [0.15, 0.2) is 0 Å². The molecule has 0 aromatic carbocycles. The number of hydrogen-bond acceptors (Lipinski definition) is 3. The third kappa shape index (κ3) is 3.43. The van der Waals surface area contributed by atoms with E-state index in [1.165, 1.54) is 18.4 Å². The molecule has 0 aliphatic carbocycles. The number of aromatic nitrogens is 1. The molecule has 3 heteroatoms. The predicted octanol–water partition coefficient (Wildman–Crippen LogP) is 2.43. The van der Waals surface area contributed by atoms with Gasteiger partial charge in [0.2, 0.25) is 0 Å². The molecular weight excluding hydrogens is 210 g/mol. The zero-order valence-electron chi connectivity index (χ0n) is 10.9. The van der Waals surface area contributed by atoms with Gasteiger partial charge in [-0.05, 0) is 36.9 Å². The first-order valence-electron chi connectivity index (χ1n) is 6.70. The summed E-state index contributed by atoms with van der Waals surface area (Å²) in [6.07, 6.45) is 4.58. The summed E-state index contributed by atoms with van der Waals surface area (Å²) in [6.45, 7) is 8.69. The average Bonchev–Trinajstić information content (AvgIpc) is 2.38. The molecule has 1 aromatic heterocycles. The van der Waals surface area contributed by atoms with E-state index in [0.29, 0.717) is 0 Å². The number of pyridine rings is 1. The normalized spacial score (nSPS) is 17.4. The van der Waals surface area contributed by atoms with Crippen LogP contribution in [0.4, 0.5) is 5.82 Å². The Labute approximate surface area is 104 Å². The lowest BCUT2D eigenvalue weighted by atomic mass is 9.99. The minimum absolute atomic E-state index is 0.874. The lowest BCUT2D eigenvalue weighted by Crippen LogP contribution is -2.33. The van der Waals surface area contributed by atoms with Crippen molar-refractivity contribution in [2.75, 3.05) is 24.5 Å². The van der Waals surface area contributed by atoms with Crippen LogP contribution in [0.2, 0.25) is 0 Å². The Morgan fingerprint density at radius 1 is 1.35 bits per heavy atom. The summed E-state index contributed by atoms with van der Waals surface area (Å²) in [5, 5.41) is 3.32. The maximum atomic E-state index is 4.57. The Kier molecular flexibility index (Phi) is 4.37. The van der Waals surface area contributed by atoms with Crippen molar-refractivity contribution in [1.82, 2.24) is 10.3 Å². The van der Waals surface area contributed by atoms with Gasteiger partial charge in [0.05, 0.1) is 0 Å². The lowest BCUT2D eigenvalue weighted by Gasteiger charge is -2.31. The van der Waals surface area contributed by atoms with Crippen LogP contribution in [0.15, 0.2) is 18.3 Å². The summed E-state index contributed by atoms with van der Waals surface area (Å²) in [4.78, 5) is 6.97. The second kappa shape index (κ2) is 6.01. The highest BCUT2D eigenvalue weighted by atomic mass is 15.2. The highest BCUT2D eigenvalue weighted by Gasteiger charge is 2.16. The molecule has 0 unspecified atom stereocenters. The van der Waals surface area contributed by atoms with E-state index in [0.717, 1.165) is 37.9 Å². The van der Waals surface area contributed by atoms with Crippen LogP contribution in [0, 0.1) is 5.92 Å². The van der Waals surface area contributed by atoms with Gasteiger partial charge in [-0.1, -0.05) is 19.9 Å². The van der Waals surface area contributed by atoms with Gasteiger partial charge in [-0.3, -0.25) is 0 Å². The molecular formula is C14H23N3. The fourth-order valence-electron chi connectivity index (χ4n) is 2.22. The monoisotopic (exact) mass is 233 g/mol. The van der Waals surface area contributed by atoms with Crippen molar-refractivity contribution in [2.24, 2.45) is 5.92 Å². The van der Waals surface area contributed by atoms with Crippen molar-refractivity contribution >= 4 is 5.82 Å². The quantitative estimate of drug-likeness (QED) is 0.865. The van der Waals surface area contributed by atoms with E-state index in [2.05, 4.69) is 41.2 Å². The molecule has 1 fully saturated rings. The van der Waals surface area contributed by atoms with Crippen LogP contribution in [0.3, 0.4) is 0 Å². The van der Waals surface area contributed by atoms with Gasteiger partial charge in [0, 0.05) is 25.8 Å². The van der Waals surface area contributed by atoms with E-state index >= 15 is 0 Å². The van der Waals surface area contributed by atoms with Crippen LogP contribution in [-0.2, 0) is 6.54 Å². The Morgan fingerprint density at radius 3 is 2.71 bits per heavy atom. The molecule has 0 spiro atoms. The number of nitrogens with one attached hydrogen (secondary N) is 1. The van der Waals surface area contributed by atoms with E-state index in [1.807, 2.05) is 6.20 Å². The van der Waals surface area contributed by atoms with Crippen LogP contribution < -0.4 is 10.2 Å². The maximum Gasteiger partial charge on any atom is 0.128 e. The number of anilines is 1. The first-order chi connectivity index (χ1) is 8.29. The second-order valence-electron chi connectivity index (χ2n) is 4.97. The molecule has 0 radical (unpaired) electrons. The van der Waals surface area contributed by atoms with Gasteiger partial charge >= 0.3 is 0 Å². The van der Waals surface area contributed by atoms with Crippen molar-refractivity contribution in [3.05, 3.63) is 23.9 Å². The largest absolute Gasteiger partial charge is 0.357 e. The standard InChI is InChI=1S/C14H23N3/c1-3-15-10-13-4-5-14(16-11-13)17-8-6-12(2)7-9-17/h4-5,11-12,15H,3,6-10H2,1-2H3. The topological polar surface area (TPSA) is 28.2 Å². The Hall–Kier alpha value is -1.09. The summed E-state index contributed by atoms with van der Waals surface area (Å²) in [7, 11) is 0. The predicted molar refractivity (Wildman–Crippen MR) is 72.2 cm³/mol. The van der Waals surface area contributed by atoms with E-state index in [-0.39, 0.29) is 0 Å². The summed E-state index contributed by atoms with van der Waals surface area (Å²) < 4.78 is 0. The molecule has 1 aliphatic heterocycles. The van der Waals surface area contributed by atoms with E-state index in [1.54, 1.807) is 0 Å². The summed E-state index contributed by atoms with van der Waals surface area (Å²) in [6, 6.07) is 4.34. The van der Waals surface area contributed by atoms with Crippen molar-refractivity contribution in [1.29, 1.82) is 0 Å². The highest BCUT2D eigenvalue weighted by Crippen LogP contribution is 2.21. The third-order valence-corrected chi connectivity index (χ3v) is 3.50. The van der Waals surface area contributed by atoms with E-state index in [4.69, 9.17) is 0 Å². The van der Waals surface area contributed by atoms with Gasteiger partial charge in [-0.15, -0.1) is 0 Å². The lowest BCUT2D eigenvalue weighted by molar-refractivity contribution is 0.436.